The molecule has 0 bridgehead atoms. The van der Waals surface area contributed by atoms with Crippen molar-refractivity contribution < 1.29 is 14.3 Å². The first kappa shape index (κ1) is 17.8. The van der Waals surface area contributed by atoms with Gasteiger partial charge in [-0.15, -0.1) is 0 Å². The quantitative estimate of drug-likeness (QED) is 0.572. The van der Waals surface area contributed by atoms with E-state index >= 15 is 0 Å². The van der Waals surface area contributed by atoms with E-state index in [1.165, 1.54) is 7.11 Å². The number of ether oxygens (including phenoxy) is 1. The molecular formula is C15H23BrN2O3. The predicted molar refractivity (Wildman–Crippen MR) is 85.3 cm³/mol. The second kappa shape index (κ2) is 8.87. The second-order valence-electron chi connectivity index (χ2n) is 5.19. The summed E-state index contributed by atoms with van der Waals surface area (Å²) in [4.78, 5) is 23.1. The van der Waals surface area contributed by atoms with Crippen molar-refractivity contribution in [3.63, 3.8) is 0 Å². The molecule has 1 rings (SSSR count). The molecule has 0 saturated heterocycles. The van der Waals surface area contributed by atoms with Gasteiger partial charge in [-0.1, -0.05) is 6.42 Å². The van der Waals surface area contributed by atoms with E-state index in [0.29, 0.717) is 18.7 Å². The number of nitrogens with one attached hydrogen (secondary N) is 1. The highest BCUT2D eigenvalue weighted by molar-refractivity contribution is 9.10. The minimum absolute atomic E-state index is 0.0673. The average molecular weight is 359 g/mol. The van der Waals surface area contributed by atoms with Crippen LogP contribution in [0.15, 0.2) is 16.7 Å². The van der Waals surface area contributed by atoms with Crippen molar-refractivity contribution in [2.24, 2.45) is 0 Å². The highest BCUT2D eigenvalue weighted by atomic mass is 79.9. The van der Waals surface area contributed by atoms with Crippen LogP contribution >= 0.6 is 15.9 Å². The zero-order valence-electron chi connectivity index (χ0n) is 12.8. The summed E-state index contributed by atoms with van der Waals surface area (Å²) in [5.74, 6) is -0.249. The van der Waals surface area contributed by atoms with Gasteiger partial charge in [0.25, 0.3) is 5.91 Å². The first-order valence-electron chi connectivity index (χ1n) is 7.18. The van der Waals surface area contributed by atoms with E-state index < -0.39 is 0 Å². The number of carbonyl (C=O) groups excluding carboxylic acids is 2. The molecule has 0 radical (unpaired) electrons. The van der Waals surface area contributed by atoms with Gasteiger partial charge in [-0.3, -0.25) is 9.59 Å². The van der Waals surface area contributed by atoms with Crippen LogP contribution in [0.25, 0.3) is 0 Å². The fourth-order valence-electron chi connectivity index (χ4n) is 2.02. The van der Waals surface area contributed by atoms with Crippen LogP contribution in [0.5, 0.6) is 0 Å². The maximum Gasteiger partial charge on any atom is 0.305 e. The Bertz CT molecular complexity index is 483. The van der Waals surface area contributed by atoms with Gasteiger partial charge in [0.2, 0.25) is 0 Å². The van der Waals surface area contributed by atoms with Crippen LogP contribution in [0.4, 0.5) is 0 Å². The van der Waals surface area contributed by atoms with Crippen molar-refractivity contribution in [1.82, 2.24) is 9.88 Å². The molecule has 21 heavy (non-hydrogen) atoms. The van der Waals surface area contributed by atoms with Crippen molar-refractivity contribution in [2.75, 3.05) is 13.7 Å². The third-order valence-corrected chi connectivity index (χ3v) is 3.61. The highest BCUT2D eigenvalue weighted by Crippen LogP contribution is 2.19. The van der Waals surface area contributed by atoms with E-state index in [4.69, 9.17) is 0 Å². The van der Waals surface area contributed by atoms with E-state index in [1.54, 1.807) is 0 Å². The molecule has 0 aliphatic heterocycles. The van der Waals surface area contributed by atoms with Gasteiger partial charge < -0.3 is 14.6 Å². The van der Waals surface area contributed by atoms with Crippen molar-refractivity contribution in [3.8, 4) is 0 Å². The van der Waals surface area contributed by atoms with Crippen LogP contribution in [-0.4, -0.2) is 30.1 Å². The molecule has 1 aromatic heterocycles. The third-order valence-electron chi connectivity index (χ3n) is 3.18. The number of hydrogen-bond donors (Lipinski definition) is 1. The van der Waals surface area contributed by atoms with Gasteiger partial charge >= 0.3 is 5.97 Å². The summed E-state index contributed by atoms with van der Waals surface area (Å²) < 4.78 is 7.42. The molecule has 1 N–H and O–H groups in total. The summed E-state index contributed by atoms with van der Waals surface area (Å²) in [6.45, 7) is 4.69. The molecule has 118 valence electrons. The smallest absolute Gasteiger partial charge is 0.305 e. The second-order valence-corrected chi connectivity index (χ2v) is 6.10. The lowest BCUT2D eigenvalue weighted by Gasteiger charge is -2.12. The van der Waals surface area contributed by atoms with Gasteiger partial charge in [0, 0.05) is 29.7 Å². The number of aromatic nitrogens is 1. The molecule has 0 spiro atoms. The van der Waals surface area contributed by atoms with Gasteiger partial charge in [0.05, 0.1) is 7.11 Å². The number of unbranched alkanes of at least 4 members (excludes halogenated alkanes) is 2. The minimum Gasteiger partial charge on any atom is -0.469 e. The Labute approximate surface area is 134 Å². The van der Waals surface area contributed by atoms with Crippen LogP contribution in [0.3, 0.4) is 0 Å². The number of rotatable bonds is 8. The monoisotopic (exact) mass is 358 g/mol. The first-order chi connectivity index (χ1) is 9.95. The molecule has 1 amide bonds. The lowest BCUT2D eigenvalue weighted by atomic mass is 10.2. The number of hydrogen-bond acceptors (Lipinski definition) is 3. The fraction of sp³-hybridized carbons (Fsp3) is 0.600. The van der Waals surface area contributed by atoms with Gasteiger partial charge in [0.15, 0.2) is 0 Å². The standard InChI is InChI=1S/C15H23BrN2O3/c1-11(2)18-10-12(16)9-13(18)15(20)17-8-6-4-5-7-14(19)21-3/h9-11H,4-8H2,1-3H3,(H,17,20). The molecule has 0 saturated carbocycles. The number of methoxy groups -OCH3 is 1. The van der Waals surface area contributed by atoms with Gasteiger partial charge in [-0.2, -0.15) is 0 Å². The Morgan fingerprint density at radius 2 is 2.05 bits per heavy atom. The van der Waals surface area contributed by atoms with E-state index in [9.17, 15) is 9.59 Å². The summed E-state index contributed by atoms with van der Waals surface area (Å²) in [6.07, 6.45) is 4.89. The summed E-state index contributed by atoms with van der Waals surface area (Å²) in [6, 6.07) is 2.06. The van der Waals surface area contributed by atoms with Crippen LogP contribution in [-0.2, 0) is 9.53 Å². The zero-order chi connectivity index (χ0) is 15.8. The van der Waals surface area contributed by atoms with Crippen LogP contribution < -0.4 is 5.32 Å². The Balaban J connectivity index is 2.33. The number of esters is 1. The number of amides is 1. The largest absolute Gasteiger partial charge is 0.469 e. The maximum atomic E-state index is 12.1. The topological polar surface area (TPSA) is 60.3 Å². The molecule has 6 heteroatoms. The maximum absolute atomic E-state index is 12.1. The number of halogens is 1. The van der Waals surface area contributed by atoms with Crippen molar-refractivity contribution >= 4 is 27.8 Å². The molecule has 0 aliphatic carbocycles. The third kappa shape index (κ3) is 5.91. The molecule has 0 atom stereocenters. The lowest BCUT2D eigenvalue weighted by Crippen LogP contribution is -2.27. The number of carbonyl (C=O) groups is 2. The predicted octanol–water partition coefficient (Wildman–Crippen LogP) is 3.29. The van der Waals surface area contributed by atoms with Crippen molar-refractivity contribution in [3.05, 3.63) is 22.4 Å². The van der Waals surface area contributed by atoms with Gasteiger partial charge in [0.1, 0.15) is 5.69 Å². The van der Waals surface area contributed by atoms with E-state index in [-0.39, 0.29) is 17.9 Å². The lowest BCUT2D eigenvalue weighted by molar-refractivity contribution is -0.140. The molecular weight excluding hydrogens is 336 g/mol. The molecule has 1 aromatic rings. The Kier molecular flexibility index (Phi) is 7.50. The summed E-state index contributed by atoms with van der Waals surface area (Å²) in [7, 11) is 1.39. The summed E-state index contributed by atoms with van der Waals surface area (Å²) in [5, 5.41) is 2.91. The normalized spacial score (nSPS) is 10.7. The van der Waals surface area contributed by atoms with Gasteiger partial charge in [-0.25, -0.2) is 0 Å². The van der Waals surface area contributed by atoms with E-state index in [0.717, 1.165) is 23.7 Å². The van der Waals surface area contributed by atoms with Crippen LogP contribution in [0.1, 0.15) is 56.1 Å². The molecule has 1 heterocycles. The van der Waals surface area contributed by atoms with E-state index in [2.05, 4.69) is 26.0 Å². The Hall–Kier alpha value is -1.30. The molecule has 0 fully saturated rings. The highest BCUT2D eigenvalue weighted by Gasteiger charge is 2.14. The molecule has 5 nitrogen and oxygen atoms in total. The molecule has 0 aromatic carbocycles. The SMILES string of the molecule is COC(=O)CCCCCNC(=O)c1cc(Br)cn1C(C)C. The first-order valence-corrected chi connectivity index (χ1v) is 7.97. The Morgan fingerprint density at radius 1 is 1.33 bits per heavy atom. The zero-order valence-corrected chi connectivity index (χ0v) is 14.4. The summed E-state index contributed by atoms with van der Waals surface area (Å²) in [5.41, 5.74) is 0.659. The minimum atomic E-state index is -0.182. The summed E-state index contributed by atoms with van der Waals surface area (Å²) >= 11 is 3.40. The fourth-order valence-corrected chi connectivity index (χ4v) is 2.46. The van der Waals surface area contributed by atoms with Crippen LogP contribution in [0.2, 0.25) is 0 Å². The van der Waals surface area contributed by atoms with Crippen LogP contribution in [0, 0.1) is 0 Å². The van der Waals surface area contributed by atoms with Gasteiger partial charge in [-0.05, 0) is 48.7 Å². The molecule has 0 unspecified atom stereocenters. The van der Waals surface area contributed by atoms with E-state index in [1.807, 2.05) is 30.7 Å². The number of nitrogens with zero attached hydrogens (tertiary/aromatic N) is 1. The van der Waals surface area contributed by atoms with Crippen molar-refractivity contribution in [1.29, 1.82) is 0 Å². The average Bonchev–Trinajstić information content (AvgIpc) is 2.84. The van der Waals surface area contributed by atoms with Crippen molar-refractivity contribution in [2.45, 2.75) is 45.6 Å². The molecule has 0 aliphatic rings. The Morgan fingerprint density at radius 3 is 2.67 bits per heavy atom.